The molecule has 0 N–H and O–H groups in total. The van der Waals surface area contributed by atoms with Gasteiger partial charge >= 0.3 is 0 Å². The molecule has 1 fully saturated rings. The van der Waals surface area contributed by atoms with Gasteiger partial charge in [0.15, 0.2) is 0 Å². The Hall–Kier alpha value is 0.250. The average molecular weight is 190 g/mol. The minimum absolute atomic E-state index is 0.829. The summed E-state index contributed by atoms with van der Waals surface area (Å²) >= 11 is 5.61. The molecule has 2 heteroatoms. The van der Waals surface area contributed by atoms with E-state index in [2.05, 4.69) is 11.8 Å². The first-order chi connectivity index (χ1) is 5.84. The highest BCUT2D eigenvalue weighted by atomic mass is 35.5. The Morgan fingerprint density at radius 2 is 2.17 bits per heavy atom. The molecule has 0 spiro atoms. The van der Waals surface area contributed by atoms with Crippen LogP contribution in [0, 0.1) is 0 Å². The predicted molar refractivity (Wildman–Crippen MR) is 54.8 cm³/mol. The molecule has 12 heavy (non-hydrogen) atoms. The zero-order chi connectivity index (χ0) is 8.81. The van der Waals surface area contributed by atoms with Crippen molar-refractivity contribution in [2.75, 3.05) is 19.0 Å². The highest BCUT2D eigenvalue weighted by Crippen LogP contribution is 2.16. The van der Waals surface area contributed by atoms with Crippen molar-refractivity contribution in [3.8, 4) is 0 Å². The summed E-state index contributed by atoms with van der Waals surface area (Å²) in [6, 6.07) is 0.834. The van der Waals surface area contributed by atoms with Gasteiger partial charge in [0.1, 0.15) is 0 Å². The Morgan fingerprint density at radius 1 is 1.33 bits per heavy atom. The molecule has 1 aliphatic heterocycles. The van der Waals surface area contributed by atoms with Crippen molar-refractivity contribution in [2.24, 2.45) is 0 Å². The molecule has 72 valence electrons. The summed E-state index contributed by atoms with van der Waals surface area (Å²) in [6.45, 7) is 4.95. The number of unbranched alkanes of at least 4 members (excludes halogenated alkanes) is 2. The third-order valence-electron chi connectivity index (χ3n) is 2.77. The maximum absolute atomic E-state index is 5.61. The maximum Gasteiger partial charge on any atom is 0.0223 e. The molecule has 0 bridgehead atoms. The molecule has 1 aliphatic rings. The number of rotatable bonds is 5. The summed E-state index contributed by atoms with van der Waals surface area (Å²) in [5.41, 5.74) is 0. The van der Waals surface area contributed by atoms with Crippen molar-refractivity contribution in [1.29, 1.82) is 0 Å². The van der Waals surface area contributed by atoms with E-state index in [4.69, 9.17) is 11.6 Å². The van der Waals surface area contributed by atoms with Crippen molar-refractivity contribution in [1.82, 2.24) is 4.90 Å². The van der Waals surface area contributed by atoms with Gasteiger partial charge in [0.05, 0.1) is 0 Å². The van der Waals surface area contributed by atoms with Gasteiger partial charge in [0.25, 0.3) is 0 Å². The van der Waals surface area contributed by atoms with E-state index in [1.54, 1.807) is 0 Å². The number of hydrogen-bond acceptors (Lipinski definition) is 1. The molecule has 0 aromatic carbocycles. The van der Waals surface area contributed by atoms with Crippen LogP contribution in [-0.2, 0) is 0 Å². The maximum atomic E-state index is 5.61. The molecule has 0 aromatic rings. The van der Waals surface area contributed by atoms with E-state index >= 15 is 0 Å². The van der Waals surface area contributed by atoms with E-state index in [9.17, 15) is 0 Å². The lowest BCUT2D eigenvalue weighted by Gasteiger charge is -2.20. The predicted octanol–water partition coefficient (Wildman–Crippen LogP) is 2.88. The zero-order valence-electron chi connectivity index (χ0n) is 8.06. The van der Waals surface area contributed by atoms with Gasteiger partial charge in [-0.1, -0.05) is 6.42 Å². The van der Waals surface area contributed by atoms with Crippen LogP contribution >= 0.6 is 11.6 Å². The van der Waals surface area contributed by atoms with E-state index in [-0.39, 0.29) is 0 Å². The second kappa shape index (κ2) is 5.82. The van der Waals surface area contributed by atoms with Gasteiger partial charge in [-0.15, -0.1) is 11.6 Å². The van der Waals surface area contributed by atoms with Gasteiger partial charge in [-0.2, -0.15) is 0 Å². The molecule has 1 rings (SSSR count). The van der Waals surface area contributed by atoms with Gasteiger partial charge in [0, 0.05) is 11.9 Å². The second-order valence-electron chi connectivity index (χ2n) is 3.78. The zero-order valence-corrected chi connectivity index (χ0v) is 8.82. The molecule has 1 heterocycles. The summed E-state index contributed by atoms with van der Waals surface area (Å²) in [7, 11) is 0. The Kier molecular flexibility index (Phi) is 5.01. The highest BCUT2D eigenvalue weighted by Gasteiger charge is 2.18. The lowest BCUT2D eigenvalue weighted by Crippen LogP contribution is -2.27. The number of halogens is 1. The fourth-order valence-corrected chi connectivity index (χ4v) is 2.10. The Morgan fingerprint density at radius 3 is 2.75 bits per heavy atom. The smallest absolute Gasteiger partial charge is 0.0223 e. The van der Waals surface area contributed by atoms with Crippen LogP contribution < -0.4 is 0 Å². The van der Waals surface area contributed by atoms with Crippen LogP contribution in [0.15, 0.2) is 0 Å². The quantitative estimate of drug-likeness (QED) is 0.475. The molecule has 0 amide bonds. The normalized spacial score (nSPS) is 25.0. The highest BCUT2D eigenvalue weighted by molar-refractivity contribution is 6.17. The summed E-state index contributed by atoms with van der Waals surface area (Å²) in [6.07, 6.45) is 6.61. The van der Waals surface area contributed by atoms with Crippen molar-refractivity contribution in [3.63, 3.8) is 0 Å². The van der Waals surface area contributed by atoms with Crippen molar-refractivity contribution in [3.05, 3.63) is 0 Å². The second-order valence-corrected chi connectivity index (χ2v) is 4.15. The number of alkyl halides is 1. The van der Waals surface area contributed by atoms with Crippen LogP contribution in [0.3, 0.4) is 0 Å². The molecule has 1 nitrogen and oxygen atoms in total. The monoisotopic (exact) mass is 189 g/mol. The SMILES string of the molecule is CC1CCCN1CCCCCCl. The fourth-order valence-electron chi connectivity index (χ4n) is 1.91. The molecule has 0 radical (unpaired) electrons. The topological polar surface area (TPSA) is 3.24 Å². The summed E-state index contributed by atoms with van der Waals surface area (Å²) in [4.78, 5) is 2.61. The summed E-state index contributed by atoms with van der Waals surface area (Å²) in [5.74, 6) is 0.829. The van der Waals surface area contributed by atoms with Gasteiger partial charge in [-0.25, -0.2) is 0 Å². The van der Waals surface area contributed by atoms with Gasteiger partial charge in [-0.05, 0) is 45.7 Å². The van der Waals surface area contributed by atoms with Gasteiger partial charge < -0.3 is 4.90 Å². The minimum Gasteiger partial charge on any atom is -0.301 e. The first kappa shape index (κ1) is 10.3. The Bertz CT molecular complexity index is 116. The standard InChI is InChI=1S/C10H20ClN/c1-10-6-5-9-12(10)8-4-2-3-7-11/h10H,2-9H2,1H3. The van der Waals surface area contributed by atoms with Crippen LogP contribution in [0.2, 0.25) is 0 Å². The van der Waals surface area contributed by atoms with Crippen LogP contribution in [0.1, 0.15) is 39.0 Å². The minimum atomic E-state index is 0.829. The van der Waals surface area contributed by atoms with Crippen LogP contribution in [0.4, 0.5) is 0 Å². The molecule has 1 atom stereocenters. The molecular formula is C10H20ClN. The third-order valence-corrected chi connectivity index (χ3v) is 3.04. The summed E-state index contributed by atoms with van der Waals surface area (Å²) in [5, 5.41) is 0. The fraction of sp³-hybridized carbons (Fsp3) is 1.00. The lowest BCUT2D eigenvalue weighted by atomic mass is 10.2. The molecule has 0 aliphatic carbocycles. The first-order valence-corrected chi connectivity index (χ1v) is 5.68. The number of nitrogens with zero attached hydrogens (tertiary/aromatic N) is 1. The van der Waals surface area contributed by atoms with Crippen LogP contribution in [0.25, 0.3) is 0 Å². The molecular weight excluding hydrogens is 170 g/mol. The molecule has 1 unspecified atom stereocenters. The van der Waals surface area contributed by atoms with Gasteiger partial charge in [0.2, 0.25) is 0 Å². The van der Waals surface area contributed by atoms with E-state index in [0.717, 1.165) is 11.9 Å². The van der Waals surface area contributed by atoms with E-state index < -0.39 is 0 Å². The molecule has 1 saturated heterocycles. The number of likely N-dealkylation sites (tertiary alicyclic amines) is 1. The lowest BCUT2D eigenvalue weighted by molar-refractivity contribution is 0.263. The van der Waals surface area contributed by atoms with Crippen molar-refractivity contribution in [2.45, 2.75) is 45.1 Å². The van der Waals surface area contributed by atoms with Crippen molar-refractivity contribution >= 4 is 11.6 Å². The number of hydrogen-bond donors (Lipinski definition) is 0. The van der Waals surface area contributed by atoms with Crippen LogP contribution in [-0.4, -0.2) is 29.9 Å². The van der Waals surface area contributed by atoms with E-state index in [1.807, 2.05) is 0 Å². The average Bonchev–Trinajstić information content (AvgIpc) is 2.46. The Labute approximate surface area is 81.1 Å². The molecule has 0 saturated carbocycles. The Balaban J connectivity index is 1.98. The largest absolute Gasteiger partial charge is 0.301 e. The summed E-state index contributed by atoms with van der Waals surface area (Å²) < 4.78 is 0. The third kappa shape index (κ3) is 3.32. The van der Waals surface area contributed by atoms with Crippen molar-refractivity contribution < 1.29 is 0 Å². The van der Waals surface area contributed by atoms with E-state index in [1.165, 1.54) is 45.2 Å². The molecule has 0 aromatic heterocycles. The van der Waals surface area contributed by atoms with E-state index in [0.29, 0.717) is 0 Å². The van der Waals surface area contributed by atoms with Gasteiger partial charge in [-0.3, -0.25) is 0 Å². The van der Waals surface area contributed by atoms with Crippen LogP contribution in [0.5, 0.6) is 0 Å². The first-order valence-electron chi connectivity index (χ1n) is 5.14.